The number of nitriles is 1. The van der Waals surface area contributed by atoms with E-state index in [-0.39, 0.29) is 11.6 Å². The van der Waals surface area contributed by atoms with Gasteiger partial charge in [0, 0.05) is 25.3 Å². The van der Waals surface area contributed by atoms with Crippen molar-refractivity contribution in [3.63, 3.8) is 0 Å². The number of fused-ring (bicyclic) bond motifs is 1. The monoisotopic (exact) mass is 615 g/mol. The lowest BCUT2D eigenvalue weighted by atomic mass is 10.0. The Morgan fingerprint density at radius 3 is 2.71 bits per heavy atom. The summed E-state index contributed by atoms with van der Waals surface area (Å²) < 4.78 is 20.7. The number of methoxy groups -OCH3 is 1. The quantitative estimate of drug-likeness (QED) is 0.207. The summed E-state index contributed by atoms with van der Waals surface area (Å²) in [4.78, 5) is 36.0. The second kappa shape index (κ2) is 13.1. The van der Waals surface area contributed by atoms with Crippen LogP contribution in [0, 0.1) is 11.3 Å². The maximum Gasteiger partial charge on any atom is 0.406 e. The van der Waals surface area contributed by atoms with Crippen molar-refractivity contribution >= 4 is 34.7 Å². The molecule has 4 aromatic rings. The summed E-state index contributed by atoms with van der Waals surface area (Å²) in [7, 11) is 1.33. The average Bonchev–Trinajstić information content (AvgIpc) is 3.69. The highest BCUT2D eigenvalue weighted by molar-refractivity contribution is 6.00. The lowest BCUT2D eigenvalue weighted by Crippen LogP contribution is -2.42. The summed E-state index contributed by atoms with van der Waals surface area (Å²) in [6, 6.07) is 12.8. The van der Waals surface area contributed by atoms with Crippen molar-refractivity contribution in [2.45, 2.75) is 44.5 Å². The van der Waals surface area contributed by atoms with Crippen LogP contribution in [0.25, 0.3) is 16.9 Å². The minimum atomic E-state index is -1.68. The summed E-state index contributed by atoms with van der Waals surface area (Å²) in [6.45, 7) is 3.50. The number of nitrogens with one attached hydrogen (secondary N) is 3. The van der Waals surface area contributed by atoms with Crippen LogP contribution in [0.2, 0.25) is 0 Å². The molecule has 14 heteroatoms. The molecule has 0 spiro atoms. The zero-order valence-electron chi connectivity index (χ0n) is 25.1. The third-order valence-corrected chi connectivity index (χ3v) is 7.61. The summed E-state index contributed by atoms with van der Waals surface area (Å²) >= 11 is 0. The highest BCUT2D eigenvalue weighted by atomic mass is 19.1. The van der Waals surface area contributed by atoms with Crippen LogP contribution in [0.15, 0.2) is 55.0 Å². The molecule has 0 aliphatic carbocycles. The molecule has 1 unspecified atom stereocenters. The highest BCUT2D eigenvalue weighted by Crippen LogP contribution is 2.29. The molecule has 1 fully saturated rings. The Hall–Kier alpha value is -5.29. The van der Waals surface area contributed by atoms with Crippen LogP contribution < -0.4 is 20.9 Å². The van der Waals surface area contributed by atoms with Gasteiger partial charge in [0.1, 0.15) is 18.1 Å². The van der Waals surface area contributed by atoms with Gasteiger partial charge < -0.3 is 30.7 Å². The molecule has 45 heavy (non-hydrogen) atoms. The molecule has 2 amide bonds. The average molecular weight is 616 g/mol. The van der Waals surface area contributed by atoms with Crippen molar-refractivity contribution in [1.29, 1.82) is 5.26 Å². The predicted octanol–water partition coefficient (Wildman–Crippen LogP) is 3.57. The van der Waals surface area contributed by atoms with E-state index >= 15 is 0 Å². The first-order valence-corrected chi connectivity index (χ1v) is 14.4. The van der Waals surface area contributed by atoms with Gasteiger partial charge in [-0.3, -0.25) is 9.78 Å². The van der Waals surface area contributed by atoms with Crippen LogP contribution in [0.4, 0.5) is 26.4 Å². The lowest BCUT2D eigenvalue weighted by Gasteiger charge is -2.26. The van der Waals surface area contributed by atoms with E-state index in [1.807, 2.05) is 24.3 Å². The number of carbonyl (C=O) groups is 2. The number of halogens is 1. The van der Waals surface area contributed by atoms with Gasteiger partial charge in [0.2, 0.25) is 0 Å². The molecule has 4 N–H and O–H groups in total. The molecule has 0 bridgehead atoms. The van der Waals surface area contributed by atoms with E-state index in [1.54, 1.807) is 22.8 Å². The van der Waals surface area contributed by atoms with Crippen molar-refractivity contribution in [1.82, 2.24) is 30.2 Å². The number of alkyl carbamates (subject to hydrolysis) is 1. The molecule has 5 rings (SSSR count). The number of carbonyl (C=O) groups excluding carboxylic acids is 2. The fourth-order valence-electron chi connectivity index (χ4n) is 5.07. The molecule has 0 radical (unpaired) electrons. The lowest BCUT2D eigenvalue weighted by molar-refractivity contribution is -0.00177. The second-order valence-corrected chi connectivity index (χ2v) is 11.2. The van der Waals surface area contributed by atoms with Gasteiger partial charge >= 0.3 is 6.09 Å². The number of ether oxygens (including phenoxy) is 1. The molecule has 0 saturated carbocycles. The van der Waals surface area contributed by atoms with Crippen LogP contribution in [-0.2, 0) is 4.74 Å². The molecule has 234 valence electrons. The normalized spacial score (nSPS) is 15.4. The SMILES string of the molecule is COC(=O)NCC1CCCN1c1ccc(Nc2cc(-c3ccc4cc(C#N)cnn34)ncc2C(=O)NC[C@@H](F)C(C)(C)O)cn1. The fraction of sp³-hybridized carbons (Fsp3) is 0.355. The zero-order chi connectivity index (χ0) is 32.1. The molecule has 5 heterocycles. The third-order valence-electron chi connectivity index (χ3n) is 7.61. The number of pyridine rings is 2. The Bertz CT molecular complexity index is 1730. The largest absolute Gasteiger partial charge is 0.453 e. The molecule has 1 aliphatic heterocycles. The number of hydrogen-bond acceptors (Lipinski definition) is 10. The first kappa shape index (κ1) is 31.1. The number of aromatic nitrogens is 4. The number of rotatable bonds is 10. The van der Waals surface area contributed by atoms with E-state index in [2.05, 4.69) is 46.7 Å². The summed E-state index contributed by atoms with van der Waals surface area (Å²) in [6.07, 6.45) is 4.18. The zero-order valence-corrected chi connectivity index (χ0v) is 25.1. The molecule has 0 aromatic carbocycles. The maximum absolute atomic E-state index is 14.4. The van der Waals surface area contributed by atoms with Crippen molar-refractivity contribution < 1.29 is 23.8 Å². The van der Waals surface area contributed by atoms with Gasteiger partial charge in [0.15, 0.2) is 0 Å². The molecule has 2 atom stereocenters. The number of alkyl halides is 1. The number of amides is 2. The van der Waals surface area contributed by atoms with Gasteiger partial charge in [-0.2, -0.15) is 10.4 Å². The van der Waals surface area contributed by atoms with E-state index in [9.17, 15) is 24.3 Å². The van der Waals surface area contributed by atoms with E-state index in [4.69, 9.17) is 0 Å². The standard InChI is InChI=1S/C31H34FN9O4/c1-31(2,44)27(32)18-36-29(42)23-17-34-25(26-8-7-21-11-19(13-33)14-38-41(21)26)12-24(23)39-20-6-9-28(35-15-20)40-10-4-5-22(40)16-37-30(43)45-3/h6-9,11-12,14-15,17,22,27,44H,4-5,10,16,18H2,1-3H3,(H,34,39)(H,36,42)(H,37,43)/t22?,27-/m1/s1. The van der Waals surface area contributed by atoms with Crippen molar-refractivity contribution in [3.05, 3.63) is 66.1 Å². The Morgan fingerprint density at radius 2 is 2.00 bits per heavy atom. The predicted molar refractivity (Wildman–Crippen MR) is 165 cm³/mol. The van der Waals surface area contributed by atoms with Gasteiger partial charge in [-0.05, 0) is 63.1 Å². The summed E-state index contributed by atoms with van der Waals surface area (Å²) in [5.41, 5.74) is 1.74. The molecule has 13 nitrogen and oxygen atoms in total. The molecule has 1 aliphatic rings. The number of anilines is 3. The Kier molecular flexibility index (Phi) is 9.10. The maximum atomic E-state index is 14.4. The van der Waals surface area contributed by atoms with E-state index in [0.29, 0.717) is 40.4 Å². The first-order chi connectivity index (χ1) is 21.6. The first-order valence-electron chi connectivity index (χ1n) is 14.4. The fourth-order valence-corrected chi connectivity index (χ4v) is 5.07. The van der Waals surface area contributed by atoms with Gasteiger partial charge in [0.05, 0.1) is 71.1 Å². The second-order valence-electron chi connectivity index (χ2n) is 11.2. The number of nitrogens with zero attached hydrogens (tertiary/aromatic N) is 6. The topological polar surface area (TPSA) is 170 Å². The Balaban J connectivity index is 1.42. The number of aliphatic hydroxyl groups is 1. The van der Waals surface area contributed by atoms with Crippen molar-refractivity contribution in [2.75, 3.05) is 37.0 Å². The van der Waals surface area contributed by atoms with Crippen molar-refractivity contribution in [2.24, 2.45) is 0 Å². The highest BCUT2D eigenvalue weighted by Gasteiger charge is 2.28. The van der Waals surface area contributed by atoms with E-state index < -0.39 is 30.3 Å². The van der Waals surface area contributed by atoms with Gasteiger partial charge in [-0.15, -0.1) is 0 Å². The van der Waals surface area contributed by atoms with Gasteiger partial charge in [-0.25, -0.2) is 18.7 Å². The minimum absolute atomic E-state index is 0.0754. The van der Waals surface area contributed by atoms with Crippen LogP contribution in [0.1, 0.15) is 42.6 Å². The van der Waals surface area contributed by atoms with Crippen molar-refractivity contribution in [3.8, 4) is 17.5 Å². The number of hydrogen-bond donors (Lipinski definition) is 4. The van der Waals surface area contributed by atoms with Gasteiger partial charge in [-0.1, -0.05) is 0 Å². The summed E-state index contributed by atoms with van der Waals surface area (Å²) in [5.74, 6) is 0.161. The Labute approximate surface area is 259 Å². The molecule has 1 saturated heterocycles. The van der Waals surface area contributed by atoms with Gasteiger partial charge in [0.25, 0.3) is 5.91 Å². The minimum Gasteiger partial charge on any atom is -0.453 e. The Morgan fingerprint density at radius 1 is 1.18 bits per heavy atom. The van der Waals surface area contributed by atoms with E-state index in [1.165, 1.54) is 33.4 Å². The van der Waals surface area contributed by atoms with Crippen LogP contribution in [0.3, 0.4) is 0 Å². The van der Waals surface area contributed by atoms with E-state index in [0.717, 1.165) is 25.2 Å². The smallest absolute Gasteiger partial charge is 0.406 e. The molecule has 4 aromatic heterocycles. The van der Waals surface area contributed by atoms with Crippen LogP contribution in [-0.4, -0.2) is 81.2 Å². The van der Waals surface area contributed by atoms with Crippen LogP contribution in [0.5, 0.6) is 0 Å². The van der Waals surface area contributed by atoms with Crippen LogP contribution >= 0.6 is 0 Å². The molecular weight excluding hydrogens is 581 g/mol. The molecular formula is C31H34FN9O4. The summed E-state index contributed by atoms with van der Waals surface area (Å²) in [5, 5.41) is 32.1. The third kappa shape index (κ3) is 7.10.